The second kappa shape index (κ2) is 13.0. The van der Waals surface area contributed by atoms with Gasteiger partial charge in [0.25, 0.3) is 0 Å². The van der Waals surface area contributed by atoms with Crippen LogP contribution in [0, 0.1) is 0 Å². The van der Waals surface area contributed by atoms with Crippen molar-refractivity contribution in [2.24, 2.45) is 0 Å². The van der Waals surface area contributed by atoms with Crippen molar-refractivity contribution in [3.8, 4) is 0 Å². The van der Waals surface area contributed by atoms with E-state index in [4.69, 9.17) is 0 Å². The van der Waals surface area contributed by atoms with E-state index < -0.39 is 17.1 Å². The summed E-state index contributed by atoms with van der Waals surface area (Å²) in [7, 11) is 0. The second-order valence-electron chi connectivity index (χ2n) is 5.57. The molecule has 4 nitrogen and oxygen atoms in total. The summed E-state index contributed by atoms with van der Waals surface area (Å²) in [6.45, 7) is 4.02. The van der Waals surface area contributed by atoms with Gasteiger partial charge in [-0.2, -0.15) is 0 Å². The maximum atomic E-state index is 11.6. The third kappa shape index (κ3) is 12.7. The van der Waals surface area contributed by atoms with Crippen LogP contribution in [0.15, 0.2) is 0 Å². The Labute approximate surface area is 135 Å². The molecule has 0 N–H and O–H groups in total. The van der Waals surface area contributed by atoms with E-state index in [9.17, 15) is 19.2 Å². The van der Waals surface area contributed by atoms with Crippen molar-refractivity contribution >= 4 is 23.1 Å². The molecule has 0 saturated heterocycles. The maximum absolute atomic E-state index is 11.6. The van der Waals surface area contributed by atoms with E-state index in [0.717, 1.165) is 25.7 Å². The third-order valence-corrected chi connectivity index (χ3v) is 7.14. The summed E-state index contributed by atoms with van der Waals surface area (Å²) in [5.41, 5.74) is 0. The van der Waals surface area contributed by atoms with Gasteiger partial charge in [0.05, 0.1) is 0 Å². The topological polar surface area (TPSA) is 68.3 Å². The molecule has 116 valence electrons. The summed E-state index contributed by atoms with van der Waals surface area (Å²) < 4.78 is 0. The molecular weight excluding hydrogens is 322 g/mol. The molecule has 0 atom stereocenters. The van der Waals surface area contributed by atoms with Crippen LogP contribution in [0.25, 0.3) is 0 Å². The SMILES string of the molecule is CCCCC(=O)CC(=O)[CH2][Zn][CH2]C(=O)CC(=O)CCCC. The van der Waals surface area contributed by atoms with Crippen LogP contribution in [0.1, 0.15) is 65.2 Å². The first-order chi connectivity index (χ1) is 9.99. The van der Waals surface area contributed by atoms with Crippen molar-refractivity contribution in [3.05, 3.63) is 0 Å². The van der Waals surface area contributed by atoms with Crippen LogP contribution in [0.5, 0.6) is 0 Å². The first-order valence-electron chi connectivity index (χ1n) is 8.06. The fourth-order valence-electron chi connectivity index (χ4n) is 2.02. The quantitative estimate of drug-likeness (QED) is 0.357. The van der Waals surface area contributed by atoms with E-state index in [1.54, 1.807) is 0 Å². The zero-order valence-corrected chi connectivity index (χ0v) is 16.4. The minimum absolute atomic E-state index is 0.0128. The molecule has 0 saturated carbocycles. The van der Waals surface area contributed by atoms with Gasteiger partial charge in [0.15, 0.2) is 0 Å². The summed E-state index contributed by atoms with van der Waals surface area (Å²) in [4.78, 5) is 46.1. The van der Waals surface area contributed by atoms with Gasteiger partial charge < -0.3 is 0 Å². The summed E-state index contributed by atoms with van der Waals surface area (Å²) in [5, 5.41) is 0.888. The van der Waals surface area contributed by atoms with E-state index in [1.807, 2.05) is 13.8 Å². The predicted octanol–water partition coefficient (Wildman–Crippen LogP) is 3.34. The molecule has 0 heterocycles. The molecule has 0 fully saturated rings. The van der Waals surface area contributed by atoms with Crippen LogP contribution in [0.2, 0.25) is 10.0 Å². The Morgan fingerprint density at radius 2 is 1.05 bits per heavy atom. The molecule has 0 aromatic rings. The number of ketones is 4. The normalized spacial score (nSPS) is 10.0. The molecule has 0 aliphatic rings. The summed E-state index contributed by atoms with van der Waals surface area (Å²) in [6, 6.07) is 0. The molecular formula is C16H26O4Zn. The average molecular weight is 348 g/mol. The van der Waals surface area contributed by atoms with Crippen molar-refractivity contribution in [3.63, 3.8) is 0 Å². The van der Waals surface area contributed by atoms with Crippen molar-refractivity contribution in [2.45, 2.75) is 75.2 Å². The van der Waals surface area contributed by atoms with E-state index >= 15 is 0 Å². The Bertz CT molecular complexity index is 329. The first-order valence-corrected chi connectivity index (χ1v) is 12.3. The number of rotatable bonds is 14. The van der Waals surface area contributed by atoms with Gasteiger partial charge >= 0.3 is 135 Å². The predicted molar refractivity (Wildman–Crippen MR) is 77.9 cm³/mol. The molecule has 0 bridgehead atoms. The van der Waals surface area contributed by atoms with Gasteiger partial charge in [0.2, 0.25) is 0 Å². The molecule has 21 heavy (non-hydrogen) atoms. The molecule has 5 heteroatoms. The van der Waals surface area contributed by atoms with Gasteiger partial charge in [0.1, 0.15) is 0 Å². The molecule has 0 aliphatic carbocycles. The monoisotopic (exact) mass is 346 g/mol. The van der Waals surface area contributed by atoms with Crippen LogP contribution in [0.3, 0.4) is 0 Å². The summed E-state index contributed by atoms with van der Waals surface area (Å²) >= 11 is -1.25. The van der Waals surface area contributed by atoms with Crippen molar-refractivity contribution < 1.29 is 36.3 Å². The van der Waals surface area contributed by atoms with Gasteiger partial charge in [-0.05, 0) is 0 Å². The Morgan fingerprint density at radius 1 is 0.667 bits per heavy atom. The third-order valence-electron chi connectivity index (χ3n) is 3.32. The number of hydrogen-bond acceptors (Lipinski definition) is 4. The standard InChI is InChI=1S/2C8H13O2.Zn/c2*1-3-4-5-8(10)6-7(2)9;/h2*2-6H2,1H3;. The van der Waals surface area contributed by atoms with E-state index in [-0.39, 0.29) is 36.0 Å². The van der Waals surface area contributed by atoms with Gasteiger partial charge in [-0.25, -0.2) is 0 Å². The number of unbranched alkanes of at least 4 members (excludes halogenated alkanes) is 2. The molecule has 0 rings (SSSR count). The van der Waals surface area contributed by atoms with Gasteiger partial charge in [-0.3, -0.25) is 0 Å². The summed E-state index contributed by atoms with van der Waals surface area (Å²) in [5.74, 6) is 0.0121. The molecule has 0 aromatic carbocycles. The molecule has 0 unspecified atom stereocenters. The average Bonchev–Trinajstić information content (AvgIpc) is 2.42. The Kier molecular flexibility index (Phi) is 12.6. The minimum atomic E-state index is -1.25. The first kappa shape index (κ1) is 20.3. The Hall–Kier alpha value is -0.697. The zero-order valence-electron chi connectivity index (χ0n) is 13.4. The second-order valence-corrected chi connectivity index (χ2v) is 9.15. The molecule has 0 amide bonds. The van der Waals surface area contributed by atoms with E-state index in [1.165, 1.54) is 0 Å². The van der Waals surface area contributed by atoms with Crippen LogP contribution >= 0.6 is 0 Å². The van der Waals surface area contributed by atoms with Crippen LogP contribution in [-0.2, 0) is 36.3 Å². The fourth-order valence-corrected chi connectivity index (χ4v) is 4.79. The number of carbonyl (C=O) groups excluding carboxylic acids is 4. The number of carbonyl (C=O) groups is 4. The number of hydrogen-bond donors (Lipinski definition) is 0. The zero-order chi connectivity index (χ0) is 16.1. The van der Waals surface area contributed by atoms with Crippen LogP contribution < -0.4 is 0 Å². The van der Waals surface area contributed by atoms with Crippen molar-refractivity contribution in [1.29, 1.82) is 0 Å². The van der Waals surface area contributed by atoms with Gasteiger partial charge in [-0.15, -0.1) is 0 Å². The van der Waals surface area contributed by atoms with Gasteiger partial charge in [-0.1, -0.05) is 0 Å². The Balaban J connectivity index is 3.73. The van der Waals surface area contributed by atoms with Crippen LogP contribution in [0.4, 0.5) is 0 Å². The molecule has 0 aromatic heterocycles. The van der Waals surface area contributed by atoms with Crippen LogP contribution in [-0.4, -0.2) is 23.1 Å². The Morgan fingerprint density at radius 3 is 1.38 bits per heavy atom. The van der Waals surface area contributed by atoms with E-state index in [2.05, 4.69) is 0 Å². The summed E-state index contributed by atoms with van der Waals surface area (Å²) in [6.07, 6.45) is 4.64. The molecule has 0 aliphatic heterocycles. The van der Waals surface area contributed by atoms with Crippen molar-refractivity contribution in [1.82, 2.24) is 0 Å². The fraction of sp³-hybridized carbons (Fsp3) is 0.750. The van der Waals surface area contributed by atoms with E-state index in [0.29, 0.717) is 22.9 Å². The molecule has 0 spiro atoms. The molecule has 0 radical (unpaired) electrons. The number of Topliss-reactive ketones (excluding diaryl/α,β-unsaturated/α-hetero) is 4. The van der Waals surface area contributed by atoms with Crippen molar-refractivity contribution in [2.75, 3.05) is 0 Å². The van der Waals surface area contributed by atoms with Gasteiger partial charge in [0, 0.05) is 0 Å².